The van der Waals surface area contributed by atoms with Gasteiger partial charge >= 0.3 is 0 Å². The van der Waals surface area contributed by atoms with Gasteiger partial charge in [0.1, 0.15) is 0 Å². The summed E-state index contributed by atoms with van der Waals surface area (Å²) in [6, 6.07) is 130. The van der Waals surface area contributed by atoms with Crippen LogP contribution in [0.15, 0.2) is 352 Å². The molecule has 4 nitrogen and oxygen atoms in total. The first-order chi connectivity index (χ1) is 45.8. The quantitative estimate of drug-likeness (QED) is 0.107. The van der Waals surface area contributed by atoms with E-state index >= 15 is 0 Å². The lowest BCUT2D eigenvalue weighted by Gasteiger charge is -2.46. The monoisotopic (exact) mass is 1190 g/mol. The molecule has 0 radical (unpaired) electrons. The van der Waals surface area contributed by atoms with E-state index in [1.165, 1.54) is 22.0 Å². The zero-order chi connectivity index (χ0) is 62.4. The minimum absolute atomic E-state index is 0.0469. The van der Waals surface area contributed by atoms with Crippen molar-refractivity contribution in [1.82, 2.24) is 0 Å². The standard InChI is InChI=1S/C88H67BN4/c1-88(2,3)68-52-50-62(51-53-68)67-58-83-85-84(59-67)93(87-77(65-34-16-6-17-35-65)48-29-49-78(87)66-36-18-7-19-37-66)82-61-74(91(71-42-24-10-25-43-71)72-44-26-11-27-45-72)55-57-80(82)89(85)79-56-54-73(90(69-38-20-8-21-39-69)70-40-22-9-23-41-70)60-81(79)92(83)86-75(63-30-12-4-13-31-63)46-28-47-76(86)64-32-14-5-15-33-64/h4-61H,1-3H3. The molecule has 0 unspecified atom stereocenters. The van der Waals surface area contributed by atoms with Gasteiger partial charge in [0.2, 0.25) is 0 Å². The Morgan fingerprint density at radius 3 is 0.849 bits per heavy atom. The molecule has 5 heteroatoms. The Morgan fingerprint density at radius 1 is 0.247 bits per heavy atom. The Bertz CT molecular complexity index is 4500. The number of anilines is 12. The van der Waals surface area contributed by atoms with Crippen molar-refractivity contribution in [3.63, 3.8) is 0 Å². The van der Waals surface area contributed by atoms with Crippen LogP contribution in [0.1, 0.15) is 26.3 Å². The third kappa shape index (κ3) is 10.3. The molecule has 16 rings (SSSR count). The van der Waals surface area contributed by atoms with Crippen LogP contribution in [0, 0.1) is 0 Å². The summed E-state index contributed by atoms with van der Waals surface area (Å²) in [5, 5.41) is 0. The van der Waals surface area contributed by atoms with Crippen molar-refractivity contribution >= 4 is 91.3 Å². The molecule has 14 aromatic carbocycles. The topological polar surface area (TPSA) is 13.0 Å². The van der Waals surface area contributed by atoms with Crippen molar-refractivity contribution in [2.24, 2.45) is 0 Å². The lowest BCUT2D eigenvalue weighted by Crippen LogP contribution is -2.61. The molecule has 0 saturated heterocycles. The number of para-hydroxylation sites is 6. The molecule has 93 heavy (non-hydrogen) atoms. The highest BCUT2D eigenvalue weighted by Crippen LogP contribution is 2.55. The van der Waals surface area contributed by atoms with E-state index in [0.29, 0.717) is 0 Å². The predicted octanol–water partition coefficient (Wildman–Crippen LogP) is 22.3. The highest BCUT2D eigenvalue weighted by molar-refractivity contribution is 7.00. The number of benzene rings is 14. The Kier molecular flexibility index (Phi) is 14.6. The van der Waals surface area contributed by atoms with Crippen LogP contribution in [0.4, 0.5) is 68.2 Å². The first-order valence-electron chi connectivity index (χ1n) is 32.3. The first-order valence-corrected chi connectivity index (χ1v) is 32.3. The molecule has 442 valence electrons. The second-order valence-electron chi connectivity index (χ2n) is 25.2. The molecule has 2 aliphatic rings. The van der Waals surface area contributed by atoms with E-state index in [9.17, 15) is 0 Å². The van der Waals surface area contributed by atoms with Gasteiger partial charge in [-0.1, -0.05) is 288 Å². The second-order valence-corrected chi connectivity index (χ2v) is 25.2. The number of hydrogen-bond donors (Lipinski definition) is 0. The van der Waals surface area contributed by atoms with E-state index < -0.39 is 0 Å². The molecular formula is C88H67BN4. The van der Waals surface area contributed by atoms with Crippen LogP contribution in [-0.2, 0) is 5.41 Å². The summed E-state index contributed by atoms with van der Waals surface area (Å²) in [5.74, 6) is 0. The summed E-state index contributed by atoms with van der Waals surface area (Å²) in [7, 11) is 0. The molecule has 2 heterocycles. The van der Waals surface area contributed by atoms with Gasteiger partial charge in [0.25, 0.3) is 6.71 Å². The lowest BCUT2D eigenvalue weighted by atomic mass is 9.33. The maximum Gasteiger partial charge on any atom is 0.252 e. The summed E-state index contributed by atoms with van der Waals surface area (Å²) in [5.41, 5.74) is 29.2. The smallest absolute Gasteiger partial charge is 0.252 e. The molecule has 0 aliphatic carbocycles. The van der Waals surface area contributed by atoms with E-state index in [4.69, 9.17) is 0 Å². The Balaban J connectivity index is 1.08. The Morgan fingerprint density at radius 2 is 0.548 bits per heavy atom. The molecule has 0 amide bonds. The maximum atomic E-state index is 2.66. The van der Waals surface area contributed by atoms with Crippen molar-refractivity contribution in [1.29, 1.82) is 0 Å². The molecule has 0 bridgehead atoms. The molecule has 0 saturated carbocycles. The average molecular weight is 1190 g/mol. The maximum absolute atomic E-state index is 2.66. The van der Waals surface area contributed by atoms with Crippen molar-refractivity contribution in [2.75, 3.05) is 19.6 Å². The lowest BCUT2D eigenvalue weighted by molar-refractivity contribution is 0.590. The van der Waals surface area contributed by atoms with Crippen LogP contribution in [0.3, 0.4) is 0 Å². The molecule has 14 aromatic rings. The molecule has 0 fully saturated rings. The zero-order valence-corrected chi connectivity index (χ0v) is 52.4. The number of hydrogen-bond acceptors (Lipinski definition) is 4. The number of rotatable bonds is 13. The van der Waals surface area contributed by atoms with Crippen LogP contribution >= 0.6 is 0 Å². The van der Waals surface area contributed by atoms with Crippen molar-refractivity contribution in [3.8, 4) is 55.6 Å². The van der Waals surface area contributed by atoms with Gasteiger partial charge in [-0.05, 0) is 146 Å². The minimum atomic E-state index is -0.246. The van der Waals surface area contributed by atoms with Crippen LogP contribution in [0.2, 0.25) is 0 Å². The molecular weight excluding hydrogens is 1120 g/mol. The normalized spacial score (nSPS) is 12.2. The van der Waals surface area contributed by atoms with Gasteiger partial charge in [-0.25, -0.2) is 0 Å². The zero-order valence-electron chi connectivity index (χ0n) is 52.4. The number of nitrogens with zero attached hydrogens (tertiary/aromatic N) is 4. The average Bonchev–Trinajstić information content (AvgIpc) is 0.693. The first kappa shape index (κ1) is 56.6. The van der Waals surface area contributed by atoms with E-state index in [1.807, 2.05) is 0 Å². The SMILES string of the molecule is CC(C)(C)c1ccc(-c2cc3c4c(c2)N(c2c(-c5ccccc5)cccc2-c2ccccc2)c2cc(N(c5ccccc5)c5ccccc5)ccc2B4c2ccc(N(c4ccccc4)c4ccccc4)cc2N3c2c(-c3ccccc3)cccc2-c2ccccc2)cc1. The molecule has 2 aliphatic heterocycles. The molecule has 0 atom stereocenters. The highest BCUT2D eigenvalue weighted by Gasteiger charge is 2.46. The van der Waals surface area contributed by atoms with E-state index in [1.54, 1.807) is 0 Å². The summed E-state index contributed by atoms with van der Waals surface area (Å²) in [4.78, 5) is 10.1. The van der Waals surface area contributed by atoms with E-state index in [0.717, 1.165) is 124 Å². The summed E-state index contributed by atoms with van der Waals surface area (Å²) in [6.07, 6.45) is 0. The third-order valence-electron chi connectivity index (χ3n) is 18.6. The number of fused-ring (bicyclic) bond motifs is 4. The molecule has 0 aromatic heterocycles. The van der Waals surface area contributed by atoms with Gasteiger partial charge in [0, 0.05) is 79.1 Å². The molecule has 0 N–H and O–H groups in total. The van der Waals surface area contributed by atoms with Crippen molar-refractivity contribution < 1.29 is 0 Å². The third-order valence-corrected chi connectivity index (χ3v) is 18.6. The van der Waals surface area contributed by atoms with Gasteiger partial charge in [-0.15, -0.1) is 0 Å². The summed E-state index contributed by atoms with van der Waals surface area (Å²) >= 11 is 0. The van der Waals surface area contributed by atoms with Gasteiger partial charge in [-0.3, -0.25) is 0 Å². The fourth-order valence-electron chi connectivity index (χ4n) is 14.2. The highest BCUT2D eigenvalue weighted by atomic mass is 15.2. The van der Waals surface area contributed by atoms with Crippen LogP contribution in [-0.4, -0.2) is 6.71 Å². The van der Waals surface area contributed by atoms with Crippen molar-refractivity contribution in [3.05, 3.63) is 357 Å². The van der Waals surface area contributed by atoms with Crippen LogP contribution in [0.25, 0.3) is 55.6 Å². The second kappa shape index (κ2) is 23.9. The van der Waals surface area contributed by atoms with Crippen LogP contribution in [0.5, 0.6) is 0 Å². The minimum Gasteiger partial charge on any atom is -0.310 e. The summed E-state index contributed by atoms with van der Waals surface area (Å²) < 4.78 is 0. The fraction of sp³-hybridized carbons (Fsp3) is 0.0455. The van der Waals surface area contributed by atoms with Crippen LogP contribution < -0.4 is 36.0 Å². The van der Waals surface area contributed by atoms with E-state index in [-0.39, 0.29) is 12.1 Å². The molecule has 0 spiro atoms. The van der Waals surface area contributed by atoms with Gasteiger partial charge in [0.05, 0.1) is 11.4 Å². The Hall–Kier alpha value is -11.7. The van der Waals surface area contributed by atoms with E-state index in [2.05, 4.69) is 392 Å². The van der Waals surface area contributed by atoms with Crippen molar-refractivity contribution in [2.45, 2.75) is 26.2 Å². The summed E-state index contributed by atoms with van der Waals surface area (Å²) in [6.45, 7) is 6.66. The van der Waals surface area contributed by atoms with Gasteiger partial charge in [0.15, 0.2) is 0 Å². The fourth-order valence-corrected chi connectivity index (χ4v) is 14.2. The van der Waals surface area contributed by atoms with Gasteiger partial charge in [-0.2, -0.15) is 0 Å². The van der Waals surface area contributed by atoms with Gasteiger partial charge < -0.3 is 19.6 Å². The largest absolute Gasteiger partial charge is 0.310 e. The Labute approximate surface area is 546 Å². The predicted molar refractivity (Wildman–Crippen MR) is 396 cm³/mol.